The van der Waals surface area contributed by atoms with E-state index in [1.807, 2.05) is 0 Å². The summed E-state index contributed by atoms with van der Waals surface area (Å²) in [4.78, 5) is 2.45. The Kier molecular flexibility index (Phi) is 2.86. The molecule has 2 fully saturated rings. The maximum absolute atomic E-state index is 5.16. The zero-order chi connectivity index (χ0) is 9.26. The second-order valence-electron chi connectivity index (χ2n) is 4.37. The Morgan fingerprint density at radius 2 is 2.15 bits per heavy atom. The van der Waals surface area contributed by atoms with Gasteiger partial charge in [0, 0.05) is 12.1 Å². The Bertz CT molecular complexity index is 170. The zero-order valence-electron chi connectivity index (χ0n) is 8.62. The van der Waals surface area contributed by atoms with Gasteiger partial charge in [0.1, 0.15) is 0 Å². The molecule has 0 bridgehead atoms. The van der Waals surface area contributed by atoms with Crippen LogP contribution in [0.4, 0.5) is 0 Å². The van der Waals surface area contributed by atoms with Crippen molar-refractivity contribution in [3.63, 3.8) is 0 Å². The lowest BCUT2D eigenvalue weighted by molar-refractivity contribution is -0.0181. The predicted octanol–water partition coefficient (Wildman–Crippen LogP) is 0.457. The Labute approximate surface area is 80.4 Å². The number of hydrogen-bond donors (Lipinski definition) is 1. The molecule has 0 radical (unpaired) electrons. The molecule has 2 saturated heterocycles. The second kappa shape index (κ2) is 3.95. The van der Waals surface area contributed by atoms with Gasteiger partial charge in [-0.05, 0) is 33.4 Å². The Morgan fingerprint density at radius 3 is 2.77 bits per heavy atom. The third-order valence-corrected chi connectivity index (χ3v) is 3.39. The fourth-order valence-corrected chi connectivity index (χ4v) is 2.17. The van der Waals surface area contributed by atoms with Gasteiger partial charge in [-0.1, -0.05) is 0 Å². The first-order valence-corrected chi connectivity index (χ1v) is 5.31. The Morgan fingerprint density at radius 1 is 1.38 bits per heavy atom. The fraction of sp³-hybridized carbons (Fsp3) is 1.00. The molecular weight excluding hydrogens is 164 g/mol. The van der Waals surface area contributed by atoms with Crippen LogP contribution in [-0.2, 0) is 4.74 Å². The minimum Gasteiger partial charge on any atom is -0.378 e. The van der Waals surface area contributed by atoms with Crippen LogP contribution in [0.1, 0.15) is 19.8 Å². The highest BCUT2D eigenvalue weighted by atomic mass is 16.5. The summed E-state index contributed by atoms with van der Waals surface area (Å²) in [5, 5.41) is 3.67. The van der Waals surface area contributed by atoms with Gasteiger partial charge < -0.3 is 15.0 Å². The van der Waals surface area contributed by atoms with Crippen molar-refractivity contribution < 1.29 is 4.74 Å². The van der Waals surface area contributed by atoms with Gasteiger partial charge in [-0.2, -0.15) is 0 Å². The molecule has 0 aliphatic carbocycles. The van der Waals surface area contributed by atoms with Crippen molar-refractivity contribution in [2.45, 2.75) is 37.9 Å². The van der Waals surface area contributed by atoms with Crippen LogP contribution in [0.5, 0.6) is 0 Å². The van der Waals surface area contributed by atoms with Gasteiger partial charge in [-0.15, -0.1) is 0 Å². The van der Waals surface area contributed by atoms with Gasteiger partial charge in [0.2, 0.25) is 0 Å². The number of hydrogen-bond acceptors (Lipinski definition) is 3. The van der Waals surface area contributed by atoms with Gasteiger partial charge in [0.15, 0.2) is 0 Å². The molecular formula is C10H20N2O. The molecule has 3 heteroatoms. The third-order valence-electron chi connectivity index (χ3n) is 3.39. The molecule has 1 N–H and O–H groups in total. The largest absolute Gasteiger partial charge is 0.378 e. The second-order valence-corrected chi connectivity index (χ2v) is 4.37. The quantitative estimate of drug-likeness (QED) is 0.674. The molecule has 76 valence electrons. The number of likely N-dealkylation sites (N-methyl/N-ethyl adjacent to an activating group) is 1. The maximum Gasteiger partial charge on any atom is 0.0643 e. The highest BCUT2D eigenvalue weighted by Crippen LogP contribution is 2.17. The first-order valence-electron chi connectivity index (χ1n) is 5.31. The van der Waals surface area contributed by atoms with Crippen LogP contribution in [0.25, 0.3) is 0 Å². The van der Waals surface area contributed by atoms with Crippen LogP contribution < -0.4 is 5.32 Å². The number of nitrogens with zero attached hydrogens (tertiary/aromatic N) is 1. The van der Waals surface area contributed by atoms with Gasteiger partial charge in [0.25, 0.3) is 0 Å². The molecule has 2 unspecified atom stereocenters. The van der Waals surface area contributed by atoms with Crippen LogP contribution in [0, 0.1) is 0 Å². The first-order chi connectivity index (χ1) is 6.27. The van der Waals surface area contributed by atoms with Gasteiger partial charge in [-0.3, -0.25) is 0 Å². The minimum absolute atomic E-state index is 0.624. The Balaban J connectivity index is 1.82. The Hall–Kier alpha value is -0.120. The first kappa shape index (κ1) is 9.44. The molecule has 0 saturated carbocycles. The molecule has 0 amide bonds. The number of ether oxygens (including phenoxy) is 1. The van der Waals surface area contributed by atoms with E-state index < -0.39 is 0 Å². The van der Waals surface area contributed by atoms with Crippen molar-refractivity contribution in [3.05, 3.63) is 0 Å². The lowest BCUT2D eigenvalue weighted by Crippen LogP contribution is -2.58. The normalized spacial score (nSPS) is 37.4. The van der Waals surface area contributed by atoms with Gasteiger partial charge in [0.05, 0.1) is 19.3 Å². The van der Waals surface area contributed by atoms with Gasteiger partial charge >= 0.3 is 0 Å². The number of nitrogens with one attached hydrogen (secondary N) is 1. The maximum atomic E-state index is 5.16. The molecule has 13 heavy (non-hydrogen) atoms. The third kappa shape index (κ3) is 2.03. The van der Waals surface area contributed by atoms with Crippen LogP contribution in [0.2, 0.25) is 0 Å². The van der Waals surface area contributed by atoms with E-state index in [9.17, 15) is 0 Å². The average molecular weight is 184 g/mol. The van der Waals surface area contributed by atoms with E-state index in [2.05, 4.69) is 24.2 Å². The lowest BCUT2D eigenvalue weighted by Gasteiger charge is -2.41. The number of rotatable bonds is 2. The molecule has 0 aromatic heterocycles. The average Bonchev–Trinajstić information content (AvgIpc) is 2.04. The zero-order valence-corrected chi connectivity index (χ0v) is 8.62. The van der Waals surface area contributed by atoms with Crippen molar-refractivity contribution in [3.8, 4) is 0 Å². The van der Waals surface area contributed by atoms with E-state index in [-0.39, 0.29) is 0 Å². The summed E-state index contributed by atoms with van der Waals surface area (Å²) in [6.07, 6.45) is 2.65. The molecule has 2 atom stereocenters. The summed E-state index contributed by atoms with van der Waals surface area (Å²) in [6, 6.07) is 1.97. The van der Waals surface area contributed by atoms with E-state index in [0.29, 0.717) is 18.1 Å². The van der Waals surface area contributed by atoms with Crippen LogP contribution in [0.3, 0.4) is 0 Å². The van der Waals surface area contributed by atoms with E-state index >= 15 is 0 Å². The van der Waals surface area contributed by atoms with Crippen molar-refractivity contribution >= 4 is 0 Å². The molecule has 0 aromatic rings. The van der Waals surface area contributed by atoms with Crippen molar-refractivity contribution in [1.82, 2.24) is 10.2 Å². The smallest absolute Gasteiger partial charge is 0.0643 e. The molecule has 2 heterocycles. The van der Waals surface area contributed by atoms with Gasteiger partial charge in [-0.25, -0.2) is 0 Å². The van der Waals surface area contributed by atoms with Crippen LogP contribution >= 0.6 is 0 Å². The monoisotopic (exact) mass is 184 g/mol. The van der Waals surface area contributed by atoms with E-state index in [4.69, 9.17) is 4.74 Å². The highest BCUT2D eigenvalue weighted by Gasteiger charge is 2.29. The molecule has 2 aliphatic heterocycles. The van der Waals surface area contributed by atoms with Crippen molar-refractivity contribution in [1.29, 1.82) is 0 Å². The number of likely N-dealkylation sites (tertiary alicyclic amines) is 1. The highest BCUT2D eigenvalue weighted by molar-refractivity contribution is 4.88. The SMILES string of the molecule is CC1C(NC2COC2)CCCN1C. The summed E-state index contributed by atoms with van der Waals surface area (Å²) >= 11 is 0. The minimum atomic E-state index is 0.624. The summed E-state index contributed by atoms with van der Waals surface area (Å²) in [7, 11) is 2.22. The summed E-state index contributed by atoms with van der Waals surface area (Å²) in [5.74, 6) is 0. The molecule has 2 rings (SSSR count). The van der Waals surface area contributed by atoms with E-state index in [1.54, 1.807) is 0 Å². The summed E-state index contributed by atoms with van der Waals surface area (Å²) in [5.41, 5.74) is 0. The fourth-order valence-electron chi connectivity index (χ4n) is 2.17. The molecule has 0 aromatic carbocycles. The van der Waals surface area contributed by atoms with E-state index in [1.165, 1.54) is 19.4 Å². The lowest BCUT2D eigenvalue weighted by atomic mass is 9.97. The number of piperidine rings is 1. The molecule has 2 aliphatic rings. The van der Waals surface area contributed by atoms with E-state index in [0.717, 1.165) is 13.2 Å². The topological polar surface area (TPSA) is 24.5 Å². The summed E-state index contributed by atoms with van der Waals surface area (Å²) < 4.78 is 5.16. The van der Waals surface area contributed by atoms with Crippen LogP contribution in [0.15, 0.2) is 0 Å². The summed E-state index contributed by atoms with van der Waals surface area (Å²) in [6.45, 7) is 5.39. The molecule has 3 nitrogen and oxygen atoms in total. The molecule has 0 spiro atoms. The van der Waals surface area contributed by atoms with Crippen molar-refractivity contribution in [2.75, 3.05) is 26.8 Å². The predicted molar refractivity (Wildman–Crippen MR) is 52.9 cm³/mol. The standard InChI is InChI=1S/C10H20N2O/c1-8-10(4-3-5-12(8)2)11-9-6-13-7-9/h8-11H,3-7H2,1-2H3. The van der Waals surface area contributed by atoms with Crippen molar-refractivity contribution in [2.24, 2.45) is 0 Å². The van der Waals surface area contributed by atoms with Crippen LogP contribution in [-0.4, -0.2) is 49.8 Å².